The van der Waals surface area contributed by atoms with Gasteiger partial charge in [-0.2, -0.15) is 0 Å². The Labute approximate surface area is 132 Å². The molecule has 3 nitrogen and oxygen atoms in total. The van der Waals surface area contributed by atoms with Gasteiger partial charge in [0, 0.05) is 19.1 Å². The van der Waals surface area contributed by atoms with Crippen molar-refractivity contribution in [3.63, 3.8) is 0 Å². The lowest BCUT2D eigenvalue weighted by Gasteiger charge is -2.39. The topological polar surface area (TPSA) is 35.5 Å². The van der Waals surface area contributed by atoms with Crippen LogP contribution in [0.1, 0.15) is 60.3 Å². The Kier molecular flexibility index (Phi) is 8.84. The maximum absolute atomic E-state index is 10.2. The third-order valence-electron chi connectivity index (χ3n) is 4.65. The number of hydrogen-bond acceptors (Lipinski definition) is 3. The quantitative estimate of drug-likeness (QED) is 0.686. The van der Waals surface area contributed by atoms with Gasteiger partial charge in [-0.3, -0.25) is 0 Å². The third kappa shape index (κ3) is 7.62. The molecule has 1 saturated heterocycles. The molecule has 1 aliphatic heterocycles. The highest BCUT2D eigenvalue weighted by Crippen LogP contribution is 2.24. The highest BCUT2D eigenvalue weighted by atomic mass is 16.3. The van der Waals surface area contributed by atoms with E-state index in [1.165, 1.54) is 38.9 Å². The zero-order chi connectivity index (χ0) is 15.8. The number of nitrogens with zero attached hydrogens (tertiary/aromatic N) is 1. The summed E-state index contributed by atoms with van der Waals surface area (Å²) in [5.41, 5.74) is 0. The van der Waals surface area contributed by atoms with E-state index in [-0.39, 0.29) is 6.10 Å². The van der Waals surface area contributed by atoms with Gasteiger partial charge in [0.1, 0.15) is 0 Å². The number of aliphatic hydroxyl groups excluding tert-OH is 1. The monoisotopic (exact) mass is 298 g/mol. The molecule has 3 heteroatoms. The van der Waals surface area contributed by atoms with E-state index in [4.69, 9.17) is 0 Å². The van der Waals surface area contributed by atoms with E-state index < -0.39 is 0 Å². The fourth-order valence-electron chi connectivity index (χ4n) is 3.31. The lowest BCUT2D eigenvalue weighted by Crippen LogP contribution is -2.50. The van der Waals surface area contributed by atoms with Crippen molar-refractivity contribution in [2.24, 2.45) is 17.8 Å². The standard InChI is InChI=1S/C18H38N2O/c1-6-9-20-12-16(11-18(21)15(4)5)10-17(13-20)19-8-7-14(2)3/h14-19,21H,6-13H2,1-5H3. The Hall–Kier alpha value is -0.120. The highest BCUT2D eigenvalue weighted by molar-refractivity contribution is 4.85. The molecule has 1 fully saturated rings. The van der Waals surface area contributed by atoms with Crippen LogP contribution >= 0.6 is 0 Å². The molecule has 0 radical (unpaired) electrons. The summed E-state index contributed by atoms with van der Waals surface area (Å²) in [5, 5.41) is 13.9. The third-order valence-corrected chi connectivity index (χ3v) is 4.65. The Bertz CT molecular complexity index is 268. The minimum absolute atomic E-state index is 0.145. The minimum Gasteiger partial charge on any atom is -0.393 e. The lowest BCUT2D eigenvalue weighted by molar-refractivity contribution is 0.0616. The zero-order valence-corrected chi connectivity index (χ0v) is 14.9. The number of hydrogen-bond donors (Lipinski definition) is 2. The highest BCUT2D eigenvalue weighted by Gasteiger charge is 2.28. The maximum Gasteiger partial charge on any atom is 0.0566 e. The van der Waals surface area contributed by atoms with Crippen LogP contribution in [-0.4, -0.2) is 48.3 Å². The van der Waals surface area contributed by atoms with Crippen LogP contribution in [0.25, 0.3) is 0 Å². The van der Waals surface area contributed by atoms with Crippen LogP contribution in [0.5, 0.6) is 0 Å². The van der Waals surface area contributed by atoms with Crippen LogP contribution in [0.3, 0.4) is 0 Å². The summed E-state index contributed by atoms with van der Waals surface area (Å²) in [6.45, 7) is 15.7. The van der Waals surface area contributed by atoms with Crippen molar-refractivity contribution in [1.82, 2.24) is 10.2 Å². The van der Waals surface area contributed by atoms with Gasteiger partial charge in [-0.1, -0.05) is 34.6 Å². The molecule has 0 spiro atoms. The normalized spacial score (nSPS) is 25.7. The van der Waals surface area contributed by atoms with E-state index in [0.29, 0.717) is 17.9 Å². The first kappa shape index (κ1) is 18.9. The predicted octanol–water partition coefficient (Wildman–Crippen LogP) is 3.13. The number of likely N-dealkylation sites (tertiary alicyclic amines) is 1. The molecule has 0 aromatic heterocycles. The fourth-order valence-corrected chi connectivity index (χ4v) is 3.31. The second-order valence-electron chi connectivity index (χ2n) is 7.74. The van der Waals surface area contributed by atoms with Gasteiger partial charge >= 0.3 is 0 Å². The smallest absolute Gasteiger partial charge is 0.0566 e. The van der Waals surface area contributed by atoms with Crippen LogP contribution in [0, 0.1) is 17.8 Å². The van der Waals surface area contributed by atoms with Gasteiger partial charge in [-0.25, -0.2) is 0 Å². The Morgan fingerprint density at radius 3 is 2.48 bits per heavy atom. The molecule has 0 aromatic carbocycles. The van der Waals surface area contributed by atoms with Crippen molar-refractivity contribution in [3.05, 3.63) is 0 Å². The van der Waals surface area contributed by atoms with Crippen molar-refractivity contribution in [1.29, 1.82) is 0 Å². The lowest BCUT2D eigenvalue weighted by atomic mass is 9.86. The van der Waals surface area contributed by atoms with Crippen molar-refractivity contribution in [3.8, 4) is 0 Å². The second kappa shape index (κ2) is 9.81. The molecule has 21 heavy (non-hydrogen) atoms. The minimum atomic E-state index is -0.145. The largest absolute Gasteiger partial charge is 0.393 e. The van der Waals surface area contributed by atoms with Crippen molar-refractivity contribution in [2.45, 2.75) is 72.4 Å². The molecule has 0 bridgehead atoms. The summed E-state index contributed by atoms with van der Waals surface area (Å²) in [5.74, 6) is 1.78. The molecule has 2 N–H and O–H groups in total. The molecule has 126 valence electrons. The van der Waals surface area contributed by atoms with E-state index >= 15 is 0 Å². The Balaban J connectivity index is 2.47. The summed E-state index contributed by atoms with van der Waals surface area (Å²) in [7, 11) is 0. The molecule has 3 atom stereocenters. The molecular formula is C18H38N2O. The van der Waals surface area contributed by atoms with Gasteiger partial charge in [-0.15, -0.1) is 0 Å². The molecule has 0 amide bonds. The first-order chi connectivity index (χ1) is 9.92. The molecule has 0 aromatic rings. The van der Waals surface area contributed by atoms with Crippen LogP contribution in [-0.2, 0) is 0 Å². The molecule has 1 rings (SSSR count). The fraction of sp³-hybridized carbons (Fsp3) is 1.00. The van der Waals surface area contributed by atoms with E-state index in [2.05, 4.69) is 44.8 Å². The average Bonchev–Trinajstić information content (AvgIpc) is 2.38. The zero-order valence-electron chi connectivity index (χ0n) is 14.9. The first-order valence-corrected chi connectivity index (χ1v) is 9.06. The molecule has 0 saturated carbocycles. The van der Waals surface area contributed by atoms with Crippen LogP contribution in [0.2, 0.25) is 0 Å². The summed E-state index contributed by atoms with van der Waals surface area (Å²) >= 11 is 0. The van der Waals surface area contributed by atoms with Crippen molar-refractivity contribution in [2.75, 3.05) is 26.2 Å². The number of nitrogens with one attached hydrogen (secondary N) is 1. The van der Waals surface area contributed by atoms with Crippen molar-refractivity contribution < 1.29 is 5.11 Å². The van der Waals surface area contributed by atoms with Gasteiger partial charge in [0.05, 0.1) is 6.10 Å². The molecular weight excluding hydrogens is 260 g/mol. The number of piperidine rings is 1. The Morgan fingerprint density at radius 1 is 1.19 bits per heavy atom. The molecule has 3 unspecified atom stereocenters. The summed E-state index contributed by atoms with van der Waals surface area (Å²) in [4.78, 5) is 2.59. The maximum atomic E-state index is 10.2. The van der Waals surface area contributed by atoms with E-state index in [0.717, 1.165) is 18.9 Å². The summed E-state index contributed by atoms with van der Waals surface area (Å²) in [6.07, 6.45) is 4.51. The van der Waals surface area contributed by atoms with Gasteiger partial charge < -0.3 is 15.3 Å². The van der Waals surface area contributed by atoms with E-state index in [1.807, 2.05) is 0 Å². The summed E-state index contributed by atoms with van der Waals surface area (Å²) < 4.78 is 0. The van der Waals surface area contributed by atoms with Gasteiger partial charge in [0.15, 0.2) is 0 Å². The average molecular weight is 299 g/mol. The van der Waals surface area contributed by atoms with Gasteiger partial charge in [0.25, 0.3) is 0 Å². The first-order valence-electron chi connectivity index (χ1n) is 9.06. The number of aliphatic hydroxyl groups is 1. The molecule has 0 aliphatic carbocycles. The van der Waals surface area contributed by atoms with Gasteiger partial charge in [0.2, 0.25) is 0 Å². The van der Waals surface area contributed by atoms with Crippen LogP contribution in [0.4, 0.5) is 0 Å². The predicted molar refractivity (Wildman–Crippen MR) is 91.5 cm³/mol. The van der Waals surface area contributed by atoms with Crippen LogP contribution in [0.15, 0.2) is 0 Å². The van der Waals surface area contributed by atoms with E-state index in [9.17, 15) is 5.11 Å². The van der Waals surface area contributed by atoms with Crippen molar-refractivity contribution >= 4 is 0 Å². The molecule has 1 heterocycles. The van der Waals surface area contributed by atoms with Crippen LogP contribution < -0.4 is 5.32 Å². The van der Waals surface area contributed by atoms with E-state index in [1.54, 1.807) is 0 Å². The second-order valence-corrected chi connectivity index (χ2v) is 7.74. The summed E-state index contributed by atoms with van der Waals surface area (Å²) in [6, 6.07) is 0.605. The molecule has 1 aliphatic rings. The number of rotatable bonds is 9. The SMILES string of the molecule is CCCN1CC(CC(O)C(C)C)CC(NCCC(C)C)C1. The van der Waals surface area contributed by atoms with Gasteiger partial charge in [-0.05, 0) is 56.5 Å². The Morgan fingerprint density at radius 2 is 1.90 bits per heavy atom.